The smallest absolute Gasteiger partial charge is 0.242 e. The Bertz CT molecular complexity index is 746. The van der Waals surface area contributed by atoms with Gasteiger partial charge in [-0.15, -0.1) is 0 Å². The average Bonchev–Trinajstić information content (AvgIpc) is 2.41. The molecule has 0 saturated heterocycles. The number of rotatable bonds is 6. The molecule has 7 nitrogen and oxygen atoms in total. The van der Waals surface area contributed by atoms with Gasteiger partial charge in [-0.2, -0.15) is 0 Å². The molecule has 0 aliphatic rings. The summed E-state index contributed by atoms with van der Waals surface area (Å²) in [4.78, 5) is 3.79. The topological polar surface area (TPSA) is 119 Å². The molecule has 0 amide bonds. The van der Waals surface area contributed by atoms with Crippen LogP contribution < -0.4 is 10.5 Å². The second-order valence-electron chi connectivity index (χ2n) is 4.30. The fourth-order valence-electron chi connectivity index (χ4n) is 1.41. The first kappa shape index (κ1) is 17.6. The lowest BCUT2D eigenvalue weighted by Gasteiger charge is -2.06. The monoisotopic (exact) mass is 331 g/mol. The molecule has 0 atom stereocenters. The van der Waals surface area contributed by atoms with Crippen molar-refractivity contribution in [3.8, 4) is 11.8 Å². The zero-order valence-electron chi connectivity index (χ0n) is 11.5. The first-order valence-electron chi connectivity index (χ1n) is 6.06. The largest absolute Gasteiger partial charge is 0.320 e. The van der Waals surface area contributed by atoms with Crippen LogP contribution in [0.1, 0.15) is 12.0 Å². The predicted molar refractivity (Wildman–Crippen MR) is 79.7 cm³/mol. The molecule has 1 rings (SSSR count). The van der Waals surface area contributed by atoms with E-state index in [9.17, 15) is 16.8 Å². The van der Waals surface area contributed by atoms with E-state index < -0.39 is 19.9 Å². The number of nitrogens with one attached hydrogen (secondary N) is 1. The van der Waals surface area contributed by atoms with Gasteiger partial charge in [0, 0.05) is 30.8 Å². The highest BCUT2D eigenvalue weighted by Crippen LogP contribution is 2.08. The summed E-state index contributed by atoms with van der Waals surface area (Å²) in [6, 6.07) is 1.38. The molecule has 21 heavy (non-hydrogen) atoms. The Balaban J connectivity index is 2.74. The highest BCUT2D eigenvalue weighted by molar-refractivity contribution is 7.90. The Kier molecular flexibility index (Phi) is 6.29. The van der Waals surface area contributed by atoms with Crippen molar-refractivity contribution in [2.45, 2.75) is 11.3 Å². The highest BCUT2D eigenvalue weighted by atomic mass is 32.2. The zero-order chi connectivity index (χ0) is 15.9. The molecule has 0 aliphatic carbocycles. The second-order valence-corrected chi connectivity index (χ2v) is 8.32. The molecule has 1 aromatic heterocycles. The normalized spacial score (nSPS) is 11.7. The first-order chi connectivity index (χ1) is 9.74. The van der Waals surface area contributed by atoms with Gasteiger partial charge in [0.05, 0.1) is 12.3 Å². The molecule has 0 aliphatic heterocycles. The van der Waals surface area contributed by atoms with Crippen LogP contribution in [0.4, 0.5) is 0 Å². The van der Waals surface area contributed by atoms with Crippen LogP contribution in [0.15, 0.2) is 23.4 Å². The maximum Gasteiger partial charge on any atom is 0.242 e. The van der Waals surface area contributed by atoms with Gasteiger partial charge in [0.1, 0.15) is 14.7 Å². The number of aromatic nitrogens is 1. The quantitative estimate of drug-likeness (QED) is 0.515. The van der Waals surface area contributed by atoms with Crippen molar-refractivity contribution in [2.24, 2.45) is 5.73 Å². The molecule has 116 valence electrons. The van der Waals surface area contributed by atoms with Gasteiger partial charge in [0.2, 0.25) is 10.0 Å². The average molecular weight is 331 g/mol. The zero-order valence-corrected chi connectivity index (χ0v) is 13.2. The van der Waals surface area contributed by atoms with Gasteiger partial charge in [0.15, 0.2) is 0 Å². The maximum atomic E-state index is 12.0. The number of hydrogen-bond acceptors (Lipinski definition) is 6. The molecular formula is C12H17N3O4S2. The van der Waals surface area contributed by atoms with Crippen molar-refractivity contribution in [2.75, 3.05) is 25.1 Å². The van der Waals surface area contributed by atoms with E-state index in [-0.39, 0.29) is 30.2 Å². The molecule has 3 N–H and O–H groups in total. The van der Waals surface area contributed by atoms with E-state index in [0.717, 1.165) is 6.26 Å². The van der Waals surface area contributed by atoms with Crippen LogP contribution in [0.25, 0.3) is 0 Å². The summed E-state index contributed by atoms with van der Waals surface area (Å²) < 4.78 is 48.3. The molecule has 1 heterocycles. The van der Waals surface area contributed by atoms with Gasteiger partial charge in [-0.3, -0.25) is 4.98 Å². The standard InChI is InChI=1S/C12H17N3O4S2/c1-20(16,17)7-3-6-15-21(18,19)12-8-11(4-2-5-13)9-14-10-12/h8-10,15H,3,5-7,13H2,1H3. The highest BCUT2D eigenvalue weighted by Gasteiger charge is 2.14. The third-order valence-corrected chi connectivity index (χ3v) is 4.80. The first-order valence-corrected chi connectivity index (χ1v) is 9.60. The van der Waals surface area contributed by atoms with Crippen LogP contribution in [0.5, 0.6) is 0 Å². The lowest BCUT2D eigenvalue weighted by molar-refractivity contribution is 0.577. The van der Waals surface area contributed by atoms with Gasteiger partial charge in [-0.05, 0) is 12.5 Å². The van der Waals surface area contributed by atoms with E-state index in [0.29, 0.717) is 5.56 Å². The van der Waals surface area contributed by atoms with E-state index in [4.69, 9.17) is 5.73 Å². The van der Waals surface area contributed by atoms with Crippen LogP contribution >= 0.6 is 0 Å². The molecule has 0 unspecified atom stereocenters. The predicted octanol–water partition coefficient (Wildman–Crippen LogP) is -0.895. The van der Waals surface area contributed by atoms with E-state index >= 15 is 0 Å². The van der Waals surface area contributed by atoms with Crippen molar-refractivity contribution in [1.29, 1.82) is 0 Å². The van der Waals surface area contributed by atoms with Crippen molar-refractivity contribution >= 4 is 19.9 Å². The fourth-order valence-corrected chi connectivity index (χ4v) is 3.14. The summed E-state index contributed by atoms with van der Waals surface area (Å²) in [7, 11) is -6.83. The van der Waals surface area contributed by atoms with E-state index in [1.54, 1.807) is 0 Å². The van der Waals surface area contributed by atoms with Crippen LogP contribution in [0.2, 0.25) is 0 Å². The van der Waals surface area contributed by atoms with Crippen molar-refractivity contribution < 1.29 is 16.8 Å². The van der Waals surface area contributed by atoms with Crippen LogP contribution in [-0.2, 0) is 19.9 Å². The molecule has 0 saturated carbocycles. The van der Waals surface area contributed by atoms with Gasteiger partial charge in [-0.1, -0.05) is 11.8 Å². The maximum absolute atomic E-state index is 12.0. The molecule has 0 aromatic carbocycles. The minimum atomic E-state index is -3.73. The lowest BCUT2D eigenvalue weighted by Crippen LogP contribution is -2.26. The lowest BCUT2D eigenvalue weighted by atomic mass is 10.3. The van der Waals surface area contributed by atoms with E-state index in [2.05, 4.69) is 21.5 Å². The Morgan fingerprint density at radius 3 is 2.62 bits per heavy atom. The van der Waals surface area contributed by atoms with Crippen LogP contribution in [-0.4, -0.2) is 46.9 Å². The van der Waals surface area contributed by atoms with Gasteiger partial charge < -0.3 is 5.73 Å². The Hall–Kier alpha value is -1.47. The van der Waals surface area contributed by atoms with Crippen molar-refractivity contribution in [3.05, 3.63) is 24.0 Å². The summed E-state index contributed by atoms with van der Waals surface area (Å²) >= 11 is 0. The summed E-state index contributed by atoms with van der Waals surface area (Å²) in [5.41, 5.74) is 5.69. The Labute approximate surface area is 124 Å². The van der Waals surface area contributed by atoms with Gasteiger partial charge in [0.25, 0.3) is 0 Å². The summed E-state index contributed by atoms with van der Waals surface area (Å²) in [6.45, 7) is 0.203. The summed E-state index contributed by atoms with van der Waals surface area (Å²) in [5.74, 6) is 5.23. The third-order valence-electron chi connectivity index (χ3n) is 2.34. The molecular weight excluding hydrogens is 314 g/mol. The SMILES string of the molecule is CS(=O)(=O)CCCNS(=O)(=O)c1cncc(C#CCN)c1. The number of nitrogens with two attached hydrogens (primary N) is 1. The molecule has 9 heteroatoms. The van der Waals surface area contributed by atoms with Crippen LogP contribution in [0, 0.1) is 11.8 Å². The summed E-state index contributed by atoms with van der Waals surface area (Å²) in [5, 5.41) is 0. The number of pyridine rings is 1. The van der Waals surface area contributed by atoms with E-state index in [1.807, 2.05) is 0 Å². The van der Waals surface area contributed by atoms with Crippen LogP contribution in [0.3, 0.4) is 0 Å². The molecule has 1 aromatic rings. The van der Waals surface area contributed by atoms with Gasteiger partial charge in [-0.25, -0.2) is 21.6 Å². The molecule has 0 bridgehead atoms. The van der Waals surface area contributed by atoms with Crippen molar-refractivity contribution in [3.63, 3.8) is 0 Å². The Morgan fingerprint density at radius 1 is 1.29 bits per heavy atom. The number of hydrogen-bond donors (Lipinski definition) is 2. The summed E-state index contributed by atoms with van der Waals surface area (Å²) in [6.07, 6.45) is 3.95. The second kappa shape index (κ2) is 7.51. The molecule has 0 spiro atoms. The minimum absolute atomic E-state index is 0.0225. The van der Waals surface area contributed by atoms with Gasteiger partial charge >= 0.3 is 0 Å². The fraction of sp³-hybridized carbons (Fsp3) is 0.417. The third kappa shape index (κ3) is 6.68. The number of nitrogens with zero attached hydrogens (tertiary/aromatic N) is 1. The number of sulfonamides is 1. The van der Waals surface area contributed by atoms with Crippen molar-refractivity contribution in [1.82, 2.24) is 9.71 Å². The number of sulfone groups is 1. The molecule has 0 radical (unpaired) electrons. The van der Waals surface area contributed by atoms with E-state index in [1.165, 1.54) is 18.5 Å². The Morgan fingerprint density at radius 2 is 2.00 bits per heavy atom. The molecule has 0 fully saturated rings. The minimum Gasteiger partial charge on any atom is -0.320 e.